The molecule has 0 spiro atoms. The summed E-state index contributed by atoms with van der Waals surface area (Å²) in [6.45, 7) is 11.4. The van der Waals surface area contributed by atoms with Gasteiger partial charge in [0.15, 0.2) is 0 Å². The van der Waals surface area contributed by atoms with Crippen molar-refractivity contribution in [3.05, 3.63) is 47.7 Å². The van der Waals surface area contributed by atoms with Gasteiger partial charge in [0.05, 0.1) is 19.3 Å². The molecule has 0 aliphatic carbocycles. The van der Waals surface area contributed by atoms with Crippen LogP contribution in [0, 0.1) is 12.8 Å². The van der Waals surface area contributed by atoms with Crippen molar-refractivity contribution in [2.75, 3.05) is 41.4 Å². The molecule has 2 aliphatic rings. The predicted molar refractivity (Wildman–Crippen MR) is 121 cm³/mol. The molecule has 1 amide bonds. The Hall–Kier alpha value is -2.60. The van der Waals surface area contributed by atoms with E-state index in [4.69, 9.17) is 4.74 Å². The van der Waals surface area contributed by atoms with E-state index in [1.54, 1.807) is 6.92 Å². The lowest BCUT2D eigenvalue weighted by Crippen LogP contribution is -2.49. The number of benzene rings is 1. The number of anilines is 3. The molecular weight excluding hydrogens is 376 g/mol. The molecule has 3 heterocycles. The Morgan fingerprint density at radius 2 is 2.00 bits per heavy atom. The van der Waals surface area contributed by atoms with Gasteiger partial charge in [-0.1, -0.05) is 19.9 Å². The minimum Gasteiger partial charge on any atom is -0.378 e. The molecule has 3 atom stereocenters. The molecule has 6 heteroatoms. The van der Waals surface area contributed by atoms with Crippen molar-refractivity contribution in [2.45, 2.75) is 46.2 Å². The highest BCUT2D eigenvalue weighted by Gasteiger charge is 2.40. The number of rotatable bonds is 4. The van der Waals surface area contributed by atoms with Gasteiger partial charge in [-0.25, -0.2) is 4.98 Å². The molecule has 1 saturated heterocycles. The Labute approximate surface area is 179 Å². The van der Waals surface area contributed by atoms with Crippen LogP contribution >= 0.6 is 0 Å². The first-order valence-corrected chi connectivity index (χ1v) is 11.0. The van der Waals surface area contributed by atoms with E-state index >= 15 is 0 Å². The van der Waals surface area contributed by atoms with E-state index in [-0.39, 0.29) is 23.9 Å². The van der Waals surface area contributed by atoms with Crippen LogP contribution in [0.15, 0.2) is 36.4 Å². The minimum absolute atomic E-state index is 0.0795. The number of aryl methyl sites for hydroxylation is 1. The summed E-state index contributed by atoms with van der Waals surface area (Å²) in [5.74, 6) is 1.22. The molecule has 6 nitrogen and oxygen atoms in total. The van der Waals surface area contributed by atoms with Gasteiger partial charge in [0.1, 0.15) is 5.82 Å². The average molecular weight is 409 g/mol. The molecule has 4 rings (SSSR count). The summed E-state index contributed by atoms with van der Waals surface area (Å²) in [7, 11) is 0. The number of nitrogens with zero attached hydrogens (tertiary/aromatic N) is 3. The van der Waals surface area contributed by atoms with Gasteiger partial charge in [0.25, 0.3) is 0 Å². The van der Waals surface area contributed by atoms with Crippen LogP contribution in [-0.4, -0.2) is 43.2 Å². The number of morpholine rings is 1. The fraction of sp³-hybridized carbons (Fsp3) is 0.500. The summed E-state index contributed by atoms with van der Waals surface area (Å²) in [6, 6.07) is 12.8. The molecule has 1 fully saturated rings. The van der Waals surface area contributed by atoms with Crippen LogP contribution in [0.4, 0.5) is 17.2 Å². The second kappa shape index (κ2) is 8.64. The van der Waals surface area contributed by atoms with E-state index < -0.39 is 0 Å². The maximum Gasteiger partial charge on any atom is 0.224 e. The Morgan fingerprint density at radius 1 is 1.23 bits per heavy atom. The zero-order valence-electron chi connectivity index (χ0n) is 18.4. The van der Waals surface area contributed by atoms with Gasteiger partial charge in [-0.2, -0.15) is 0 Å². The number of aromatic nitrogens is 1. The summed E-state index contributed by atoms with van der Waals surface area (Å²) < 4.78 is 5.52. The number of amides is 1. The lowest BCUT2D eigenvalue weighted by molar-refractivity contribution is -0.117. The fourth-order valence-electron chi connectivity index (χ4n) is 4.90. The van der Waals surface area contributed by atoms with Gasteiger partial charge in [-0.05, 0) is 43.7 Å². The van der Waals surface area contributed by atoms with Gasteiger partial charge in [0, 0.05) is 54.6 Å². The lowest BCUT2D eigenvalue weighted by Gasteiger charge is -2.45. The smallest absolute Gasteiger partial charge is 0.224 e. The Kier molecular flexibility index (Phi) is 5.95. The van der Waals surface area contributed by atoms with E-state index in [2.05, 4.69) is 47.2 Å². The first-order chi connectivity index (χ1) is 14.5. The zero-order valence-corrected chi connectivity index (χ0v) is 18.4. The van der Waals surface area contributed by atoms with E-state index in [0.717, 1.165) is 55.5 Å². The molecule has 0 radical (unpaired) electrons. The van der Waals surface area contributed by atoms with Crippen molar-refractivity contribution in [2.24, 2.45) is 5.92 Å². The fourth-order valence-corrected chi connectivity index (χ4v) is 4.90. The third-order valence-electron chi connectivity index (χ3n) is 6.40. The van der Waals surface area contributed by atoms with E-state index in [1.807, 2.05) is 30.0 Å². The summed E-state index contributed by atoms with van der Waals surface area (Å²) in [5.41, 5.74) is 4.35. The van der Waals surface area contributed by atoms with Crippen LogP contribution in [0.25, 0.3) is 0 Å². The van der Waals surface area contributed by atoms with Crippen molar-refractivity contribution >= 4 is 23.1 Å². The number of hydrogen-bond donors (Lipinski definition) is 1. The van der Waals surface area contributed by atoms with E-state index in [0.29, 0.717) is 0 Å². The van der Waals surface area contributed by atoms with E-state index in [9.17, 15) is 4.79 Å². The topological polar surface area (TPSA) is 57.7 Å². The monoisotopic (exact) mass is 408 g/mol. The van der Waals surface area contributed by atoms with Gasteiger partial charge in [-0.15, -0.1) is 0 Å². The number of nitrogens with one attached hydrogen (secondary N) is 1. The highest BCUT2D eigenvalue weighted by molar-refractivity contribution is 5.94. The number of pyridine rings is 1. The Bertz CT molecular complexity index is 910. The summed E-state index contributed by atoms with van der Waals surface area (Å²) in [6.07, 6.45) is 0.908. The first-order valence-electron chi connectivity index (χ1n) is 11.0. The Balaban J connectivity index is 1.78. The van der Waals surface area contributed by atoms with Gasteiger partial charge >= 0.3 is 0 Å². The first kappa shape index (κ1) is 20.7. The van der Waals surface area contributed by atoms with Crippen molar-refractivity contribution < 1.29 is 9.53 Å². The van der Waals surface area contributed by atoms with Crippen LogP contribution < -0.4 is 15.1 Å². The third-order valence-corrected chi connectivity index (χ3v) is 6.40. The number of carbonyl (C=O) groups is 1. The molecule has 1 N–H and O–H groups in total. The minimum atomic E-state index is 0.0795. The SMILES string of the molecule is CCC1[C@H](C)C(Nc2cccc(C)n2)c2cc(N3CCOCC3)ccc2N1C(C)=O. The number of carbonyl (C=O) groups excluding carboxylic acids is 1. The zero-order chi connectivity index (χ0) is 21.3. The molecule has 160 valence electrons. The molecule has 30 heavy (non-hydrogen) atoms. The second-order valence-corrected chi connectivity index (χ2v) is 8.35. The number of hydrogen-bond acceptors (Lipinski definition) is 5. The molecule has 1 aromatic heterocycles. The second-order valence-electron chi connectivity index (χ2n) is 8.35. The normalized spacial score (nSPS) is 23.8. The summed E-state index contributed by atoms with van der Waals surface area (Å²) in [4.78, 5) is 21.7. The van der Waals surface area contributed by atoms with Crippen molar-refractivity contribution in [3.63, 3.8) is 0 Å². The third kappa shape index (κ3) is 3.88. The lowest BCUT2D eigenvalue weighted by atomic mass is 9.80. The molecule has 0 saturated carbocycles. The standard InChI is InChI=1S/C24H32N4O2/c1-5-21-17(3)24(26-23-8-6-7-16(2)25-23)20-15-19(27-11-13-30-14-12-27)9-10-22(20)28(21)18(4)29/h6-10,15,17,21,24H,5,11-14H2,1-4H3,(H,25,26)/t17-,21?,24?/m0/s1. The molecule has 2 unspecified atom stereocenters. The van der Waals surface area contributed by atoms with Crippen LogP contribution in [0.2, 0.25) is 0 Å². The predicted octanol–water partition coefficient (Wildman–Crippen LogP) is 4.16. The molecular formula is C24H32N4O2. The summed E-state index contributed by atoms with van der Waals surface area (Å²) >= 11 is 0. The van der Waals surface area contributed by atoms with Gasteiger partial charge in [0.2, 0.25) is 5.91 Å². The maximum absolute atomic E-state index is 12.6. The van der Waals surface area contributed by atoms with Crippen LogP contribution in [0.1, 0.15) is 44.5 Å². The number of ether oxygens (including phenoxy) is 1. The Morgan fingerprint density at radius 3 is 2.67 bits per heavy atom. The van der Waals surface area contributed by atoms with Crippen LogP contribution in [-0.2, 0) is 9.53 Å². The molecule has 2 aromatic rings. The van der Waals surface area contributed by atoms with Crippen LogP contribution in [0.3, 0.4) is 0 Å². The van der Waals surface area contributed by atoms with Gasteiger partial charge in [-0.3, -0.25) is 4.79 Å². The van der Waals surface area contributed by atoms with Crippen LogP contribution in [0.5, 0.6) is 0 Å². The molecule has 0 bridgehead atoms. The summed E-state index contributed by atoms with van der Waals surface area (Å²) in [5, 5.41) is 3.69. The van der Waals surface area contributed by atoms with E-state index in [1.165, 1.54) is 5.69 Å². The number of fused-ring (bicyclic) bond motifs is 1. The van der Waals surface area contributed by atoms with Crippen molar-refractivity contribution in [1.29, 1.82) is 0 Å². The largest absolute Gasteiger partial charge is 0.378 e. The highest BCUT2D eigenvalue weighted by Crippen LogP contribution is 2.44. The quantitative estimate of drug-likeness (QED) is 0.823. The molecule has 2 aliphatic heterocycles. The van der Waals surface area contributed by atoms with Crippen molar-refractivity contribution in [3.8, 4) is 0 Å². The maximum atomic E-state index is 12.6. The highest BCUT2D eigenvalue weighted by atomic mass is 16.5. The average Bonchev–Trinajstić information content (AvgIpc) is 2.75. The molecule has 1 aromatic carbocycles. The van der Waals surface area contributed by atoms with Gasteiger partial charge < -0.3 is 19.9 Å². The van der Waals surface area contributed by atoms with Crippen molar-refractivity contribution in [1.82, 2.24) is 4.98 Å².